The number of hydrogen-bond acceptors (Lipinski definition) is 2. The molecule has 2 rings (SSSR count). The minimum Gasteiger partial charge on any atom is -0.392 e. The van der Waals surface area contributed by atoms with Crippen LogP contribution in [0, 0.1) is 20.8 Å². The van der Waals surface area contributed by atoms with Crippen molar-refractivity contribution in [3.8, 4) is 11.3 Å². The van der Waals surface area contributed by atoms with E-state index in [1.54, 1.807) is 6.20 Å². The fourth-order valence-corrected chi connectivity index (χ4v) is 1.91. The molecule has 1 N–H and O–H groups in total. The Kier molecular flexibility index (Phi) is 3.25. The second-order valence-electron chi connectivity index (χ2n) is 4.44. The van der Waals surface area contributed by atoms with Gasteiger partial charge in [0.25, 0.3) is 0 Å². The van der Waals surface area contributed by atoms with Crippen LogP contribution in [0.2, 0.25) is 0 Å². The Bertz CT molecular complexity index is 523. The smallest absolute Gasteiger partial charge is 0.0705 e. The lowest BCUT2D eigenvalue weighted by molar-refractivity contribution is 0.282. The second-order valence-corrected chi connectivity index (χ2v) is 4.44. The third-order valence-corrected chi connectivity index (χ3v) is 3.23. The lowest BCUT2D eigenvalue weighted by Crippen LogP contribution is -1.92. The average Bonchev–Trinajstić information content (AvgIpc) is 2.35. The van der Waals surface area contributed by atoms with Crippen molar-refractivity contribution in [2.45, 2.75) is 27.4 Å². The minimum absolute atomic E-state index is 0.0549. The summed E-state index contributed by atoms with van der Waals surface area (Å²) < 4.78 is 0. The van der Waals surface area contributed by atoms with E-state index in [1.165, 1.54) is 16.7 Å². The van der Waals surface area contributed by atoms with Gasteiger partial charge < -0.3 is 5.11 Å². The highest BCUT2D eigenvalue weighted by Crippen LogP contribution is 2.23. The Morgan fingerprint density at radius 1 is 1.06 bits per heavy atom. The van der Waals surface area contributed by atoms with Gasteiger partial charge in [0.1, 0.15) is 0 Å². The van der Waals surface area contributed by atoms with Gasteiger partial charge in [-0.1, -0.05) is 0 Å². The molecule has 0 saturated carbocycles. The first-order valence-corrected chi connectivity index (χ1v) is 5.76. The summed E-state index contributed by atoms with van der Waals surface area (Å²) in [5.41, 5.74) is 6.80. The number of hydrogen-bond donors (Lipinski definition) is 1. The zero-order valence-electron chi connectivity index (χ0n) is 10.5. The lowest BCUT2D eigenvalue weighted by atomic mass is 9.98. The van der Waals surface area contributed by atoms with Crippen LogP contribution in [-0.4, -0.2) is 10.1 Å². The van der Waals surface area contributed by atoms with E-state index in [4.69, 9.17) is 5.11 Å². The molecule has 2 heteroatoms. The van der Waals surface area contributed by atoms with Crippen LogP contribution in [0.3, 0.4) is 0 Å². The zero-order chi connectivity index (χ0) is 12.4. The van der Waals surface area contributed by atoms with E-state index in [9.17, 15) is 0 Å². The van der Waals surface area contributed by atoms with Gasteiger partial charge in [-0.25, -0.2) is 0 Å². The first-order valence-electron chi connectivity index (χ1n) is 5.76. The first kappa shape index (κ1) is 11.8. The molecular formula is C15H17NO. The number of aromatic nitrogens is 1. The maximum Gasteiger partial charge on any atom is 0.0705 e. The molecule has 17 heavy (non-hydrogen) atoms. The van der Waals surface area contributed by atoms with Gasteiger partial charge in [-0.15, -0.1) is 0 Å². The van der Waals surface area contributed by atoms with Crippen molar-refractivity contribution in [3.63, 3.8) is 0 Å². The fraction of sp³-hybridized carbons (Fsp3) is 0.267. The molecule has 2 aromatic rings. The molecule has 1 aromatic heterocycles. The molecule has 0 spiro atoms. The van der Waals surface area contributed by atoms with Crippen molar-refractivity contribution in [3.05, 3.63) is 52.7 Å². The van der Waals surface area contributed by atoms with E-state index in [0.717, 1.165) is 16.8 Å². The third kappa shape index (κ3) is 2.37. The molecule has 0 aliphatic heterocycles. The monoisotopic (exact) mass is 227 g/mol. The van der Waals surface area contributed by atoms with Gasteiger partial charge in [0.05, 0.1) is 12.3 Å². The van der Waals surface area contributed by atoms with E-state index in [0.29, 0.717) is 0 Å². The first-order chi connectivity index (χ1) is 8.11. The molecule has 0 amide bonds. The van der Waals surface area contributed by atoms with Crippen molar-refractivity contribution >= 4 is 0 Å². The van der Waals surface area contributed by atoms with Gasteiger partial charge >= 0.3 is 0 Å². The number of benzene rings is 1. The summed E-state index contributed by atoms with van der Waals surface area (Å²) in [6.07, 6.45) is 1.74. The van der Waals surface area contributed by atoms with Crippen LogP contribution in [0.1, 0.15) is 22.3 Å². The van der Waals surface area contributed by atoms with Gasteiger partial charge in [0.15, 0.2) is 0 Å². The highest BCUT2D eigenvalue weighted by atomic mass is 16.3. The van der Waals surface area contributed by atoms with E-state index < -0.39 is 0 Å². The highest BCUT2D eigenvalue weighted by molar-refractivity contribution is 5.63. The van der Waals surface area contributed by atoms with Crippen molar-refractivity contribution in [2.75, 3.05) is 0 Å². The van der Waals surface area contributed by atoms with Crippen molar-refractivity contribution in [1.29, 1.82) is 0 Å². The maximum absolute atomic E-state index is 9.13. The van der Waals surface area contributed by atoms with Crippen LogP contribution in [0.15, 0.2) is 30.5 Å². The Morgan fingerprint density at radius 3 is 2.29 bits per heavy atom. The van der Waals surface area contributed by atoms with Crippen LogP contribution in [0.4, 0.5) is 0 Å². The summed E-state index contributed by atoms with van der Waals surface area (Å²) in [5, 5.41) is 9.13. The van der Waals surface area contributed by atoms with Gasteiger partial charge in [0.2, 0.25) is 0 Å². The molecule has 1 heterocycles. The van der Waals surface area contributed by atoms with E-state index >= 15 is 0 Å². The van der Waals surface area contributed by atoms with Crippen LogP contribution < -0.4 is 0 Å². The van der Waals surface area contributed by atoms with Crippen molar-refractivity contribution in [2.24, 2.45) is 0 Å². The topological polar surface area (TPSA) is 33.1 Å². The molecule has 0 fully saturated rings. The molecule has 0 atom stereocenters. The SMILES string of the molecule is Cc1cc(-c2cc(CO)ccn2)cc(C)c1C. The van der Waals surface area contributed by atoms with E-state index in [1.807, 2.05) is 12.1 Å². The number of aliphatic hydroxyl groups excluding tert-OH is 1. The van der Waals surface area contributed by atoms with Crippen molar-refractivity contribution in [1.82, 2.24) is 4.98 Å². The third-order valence-electron chi connectivity index (χ3n) is 3.23. The number of rotatable bonds is 2. The summed E-state index contributed by atoms with van der Waals surface area (Å²) in [4.78, 5) is 4.36. The number of nitrogens with zero attached hydrogens (tertiary/aromatic N) is 1. The molecule has 88 valence electrons. The standard InChI is InChI=1S/C15H17NO/c1-10-6-14(7-11(2)12(10)3)15-8-13(9-17)4-5-16-15/h4-8,17H,9H2,1-3H3. The van der Waals surface area contributed by atoms with E-state index in [-0.39, 0.29) is 6.61 Å². The molecule has 0 saturated heterocycles. The molecule has 2 nitrogen and oxygen atoms in total. The molecule has 0 aliphatic rings. The second kappa shape index (κ2) is 4.68. The summed E-state index contributed by atoms with van der Waals surface area (Å²) in [6, 6.07) is 8.05. The number of pyridine rings is 1. The summed E-state index contributed by atoms with van der Waals surface area (Å²) in [7, 11) is 0. The van der Waals surface area contributed by atoms with Crippen LogP contribution in [0.5, 0.6) is 0 Å². The van der Waals surface area contributed by atoms with Crippen molar-refractivity contribution < 1.29 is 5.11 Å². The Balaban J connectivity index is 2.52. The molecule has 0 radical (unpaired) electrons. The van der Waals surface area contributed by atoms with Gasteiger partial charge in [-0.3, -0.25) is 4.98 Å². The summed E-state index contributed by atoms with van der Waals surface area (Å²) >= 11 is 0. The predicted octanol–water partition coefficient (Wildman–Crippen LogP) is 3.17. The maximum atomic E-state index is 9.13. The minimum atomic E-state index is 0.0549. The van der Waals surface area contributed by atoms with Crippen LogP contribution in [0.25, 0.3) is 11.3 Å². The predicted molar refractivity (Wildman–Crippen MR) is 69.8 cm³/mol. The number of aliphatic hydroxyl groups is 1. The van der Waals surface area contributed by atoms with Crippen LogP contribution >= 0.6 is 0 Å². The fourth-order valence-electron chi connectivity index (χ4n) is 1.91. The number of aryl methyl sites for hydroxylation is 2. The molecule has 0 bridgehead atoms. The lowest BCUT2D eigenvalue weighted by Gasteiger charge is -2.09. The normalized spacial score (nSPS) is 10.6. The Morgan fingerprint density at radius 2 is 1.71 bits per heavy atom. The Labute approximate surface area is 102 Å². The van der Waals surface area contributed by atoms with Gasteiger partial charge in [-0.05, 0) is 67.3 Å². The van der Waals surface area contributed by atoms with Gasteiger partial charge in [-0.2, -0.15) is 0 Å². The highest BCUT2D eigenvalue weighted by Gasteiger charge is 2.05. The molecule has 1 aromatic carbocycles. The quantitative estimate of drug-likeness (QED) is 0.854. The van der Waals surface area contributed by atoms with Crippen LogP contribution in [-0.2, 0) is 6.61 Å². The van der Waals surface area contributed by atoms with E-state index in [2.05, 4.69) is 37.9 Å². The Hall–Kier alpha value is -1.67. The average molecular weight is 227 g/mol. The summed E-state index contributed by atoms with van der Waals surface area (Å²) in [5.74, 6) is 0. The molecule has 0 aliphatic carbocycles. The van der Waals surface area contributed by atoms with Gasteiger partial charge in [0, 0.05) is 11.8 Å². The molecular weight excluding hydrogens is 210 g/mol. The molecule has 0 unspecified atom stereocenters. The zero-order valence-corrected chi connectivity index (χ0v) is 10.5. The largest absolute Gasteiger partial charge is 0.392 e. The summed E-state index contributed by atoms with van der Waals surface area (Å²) in [6.45, 7) is 6.41.